The van der Waals surface area contributed by atoms with Gasteiger partial charge in [-0.15, -0.1) is 0 Å². The fraction of sp³-hybridized carbons (Fsp3) is 0.786. The predicted molar refractivity (Wildman–Crippen MR) is 79.7 cm³/mol. The van der Waals surface area contributed by atoms with Gasteiger partial charge in [-0.3, -0.25) is 4.68 Å². The number of anilines is 1. The zero-order valence-corrected chi connectivity index (χ0v) is 12.9. The maximum Gasteiger partial charge on any atom is 0.129 e. The van der Waals surface area contributed by atoms with Gasteiger partial charge in [0, 0.05) is 38.9 Å². The minimum Gasteiger partial charge on any atom is -0.380 e. The van der Waals surface area contributed by atoms with Gasteiger partial charge in [0.25, 0.3) is 0 Å². The van der Waals surface area contributed by atoms with Gasteiger partial charge < -0.3 is 15.4 Å². The molecule has 0 aromatic carbocycles. The maximum atomic E-state index is 6.09. The Morgan fingerprint density at radius 3 is 2.68 bits per heavy atom. The van der Waals surface area contributed by atoms with Gasteiger partial charge in [0.1, 0.15) is 5.82 Å². The highest BCUT2D eigenvalue weighted by molar-refractivity contribution is 5.50. The first-order chi connectivity index (χ1) is 9.01. The molecule has 0 radical (unpaired) electrons. The average molecular weight is 268 g/mol. The Kier molecular flexibility index (Phi) is 6.31. The van der Waals surface area contributed by atoms with Crippen molar-refractivity contribution in [3.05, 3.63) is 11.3 Å². The van der Waals surface area contributed by atoms with Gasteiger partial charge >= 0.3 is 0 Å². The zero-order chi connectivity index (χ0) is 14.4. The molecule has 2 N–H and O–H groups in total. The molecule has 5 nitrogen and oxygen atoms in total. The van der Waals surface area contributed by atoms with Crippen LogP contribution in [0.4, 0.5) is 5.82 Å². The second-order valence-electron chi connectivity index (χ2n) is 5.00. The van der Waals surface area contributed by atoms with Gasteiger partial charge in [-0.25, -0.2) is 0 Å². The van der Waals surface area contributed by atoms with E-state index < -0.39 is 0 Å². The van der Waals surface area contributed by atoms with E-state index in [2.05, 4.69) is 30.9 Å². The summed E-state index contributed by atoms with van der Waals surface area (Å²) >= 11 is 0. The fourth-order valence-corrected chi connectivity index (χ4v) is 2.26. The average Bonchev–Trinajstić information content (AvgIpc) is 2.64. The normalized spacial score (nSPS) is 12.7. The molecule has 110 valence electrons. The quantitative estimate of drug-likeness (QED) is 0.726. The van der Waals surface area contributed by atoms with E-state index in [9.17, 15) is 0 Å². The lowest BCUT2D eigenvalue weighted by Gasteiger charge is -2.22. The van der Waals surface area contributed by atoms with Gasteiger partial charge in [0.05, 0.1) is 12.3 Å². The first-order valence-corrected chi connectivity index (χ1v) is 7.08. The highest BCUT2D eigenvalue weighted by atomic mass is 16.5. The monoisotopic (exact) mass is 268 g/mol. The van der Waals surface area contributed by atoms with Crippen LogP contribution >= 0.6 is 0 Å². The highest BCUT2D eigenvalue weighted by Gasteiger charge is 2.18. The first kappa shape index (κ1) is 16.0. The molecule has 0 bridgehead atoms. The Morgan fingerprint density at radius 1 is 1.42 bits per heavy atom. The molecule has 0 amide bonds. The molecule has 5 heteroatoms. The summed E-state index contributed by atoms with van der Waals surface area (Å²) in [6, 6.07) is 0.196. The number of ether oxygens (including phenoxy) is 1. The number of nitrogens with two attached hydrogens (primary N) is 1. The largest absolute Gasteiger partial charge is 0.380 e. The van der Waals surface area contributed by atoms with Crippen molar-refractivity contribution >= 4 is 5.82 Å². The van der Waals surface area contributed by atoms with Crippen LogP contribution in [0.5, 0.6) is 0 Å². The van der Waals surface area contributed by atoms with Crippen molar-refractivity contribution in [1.82, 2.24) is 9.78 Å². The Morgan fingerprint density at radius 2 is 2.11 bits per heavy atom. The SMILES string of the molecule is CCOCCN(C)c1c(CC(N)CC)c(C)nn1C. The van der Waals surface area contributed by atoms with Gasteiger partial charge in [-0.2, -0.15) is 5.10 Å². The molecule has 0 aliphatic carbocycles. The van der Waals surface area contributed by atoms with Crippen LogP contribution < -0.4 is 10.6 Å². The first-order valence-electron chi connectivity index (χ1n) is 7.08. The second kappa shape index (κ2) is 7.50. The van der Waals surface area contributed by atoms with Crippen LogP contribution in [0.15, 0.2) is 0 Å². The topological polar surface area (TPSA) is 56.3 Å². The van der Waals surface area contributed by atoms with Gasteiger partial charge in [-0.05, 0) is 26.7 Å². The third-order valence-electron chi connectivity index (χ3n) is 3.44. The molecule has 1 rings (SSSR count). The van der Waals surface area contributed by atoms with E-state index in [1.54, 1.807) is 0 Å². The van der Waals surface area contributed by atoms with E-state index >= 15 is 0 Å². The van der Waals surface area contributed by atoms with Crippen LogP contribution in [0.3, 0.4) is 0 Å². The van der Waals surface area contributed by atoms with E-state index in [4.69, 9.17) is 10.5 Å². The van der Waals surface area contributed by atoms with Crippen LogP contribution in [0.1, 0.15) is 31.5 Å². The van der Waals surface area contributed by atoms with Crippen LogP contribution in [-0.4, -0.2) is 42.6 Å². The molecule has 0 saturated carbocycles. The van der Waals surface area contributed by atoms with Crippen molar-refractivity contribution in [1.29, 1.82) is 0 Å². The number of rotatable bonds is 8. The molecule has 1 aromatic rings. The molecule has 1 unspecified atom stereocenters. The van der Waals surface area contributed by atoms with Crippen LogP contribution in [-0.2, 0) is 18.2 Å². The van der Waals surface area contributed by atoms with Crippen LogP contribution in [0.25, 0.3) is 0 Å². The highest BCUT2D eigenvalue weighted by Crippen LogP contribution is 2.23. The molecule has 0 saturated heterocycles. The van der Waals surface area contributed by atoms with Crippen LogP contribution in [0.2, 0.25) is 0 Å². The van der Waals surface area contributed by atoms with E-state index in [-0.39, 0.29) is 6.04 Å². The molecule has 0 spiro atoms. The van der Waals surface area contributed by atoms with Crippen molar-refractivity contribution < 1.29 is 4.74 Å². The number of hydrogen-bond donors (Lipinski definition) is 1. The van der Waals surface area contributed by atoms with Gasteiger partial charge in [0.2, 0.25) is 0 Å². The maximum absolute atomic E-state index is 6.09. The number of nitrogens with zero attached hydrogens (tertiary/aromatic N) is 3. The van der Waals surface area contributed by atoms with E-state index in [0.717, 1.165) is 44.1 Å². The van der Waals surface area contributed by atoms with Crippen LogP contribution in [0, 0.1) is 6.92 Å². The van der Waals surface area contributed by atoms with E-state index in [1.807, 2.05) is 18.7 Å². The van der Waals surface area contributed by atoms with Gasteiger partial charge in [-0.1, -0.05) is 6.92 Å². The lowest BCUT2D eigenvalue weighted by molar-refractivity contribution is 0.154. The fourth-order valence-electron chi connectivity index (χ4n) is 2.26. The molecule has 1 heterocycles. The summed E-state index contributed by atoms with van der Waals surface area (Å²) < 4.78 is 7.36. The van der Waals surface area contributed by atoms with Gasteiger partial charge in [0.15, 0.2) is 0 Å². The number of aromatic nitrogens is 2. The number of aryl methyl sites for hydroxylation is 2. The summed E-state index contributed by atoms with van der Waals surface area (Å²) in [7, 11) is 4.07. The third-order valence-corrected chi connectivity index (χ3v) is 3.44. The molecule has 19 heavy (non-hydrogen) atoms. The third kappa shape index (κ3) is 4.21. The van der Waals surface area contributed by atoms with Crippen molar-refractivity contribution in [3.63, 3.8) is 0 Å². The van der Waals surface area contributed by atoms with Crippen molar-refractivity contribution in [2.24, 2.45) is 12.8 Å². The predicted octanol–water partition coefficient (Wildman–Crippen LogP) is 1.48. The molecule has 0 aliphatic rings. The summed E-state index contributed by atoms with van der Waals surface area (Å²) in [5.74, 6) is 1.15. The summed E-state index contributed by atoms with van der Waals surface area (Å²) in [5, 5.41) is 4.53. The Labute approximate surface area is 116 Å². The summed E-state index contributed by atoms with van der Waals surface area (Å²) in [6.07, 6.45) is 1.86. The van der Waals surface area contributed by atoms with Crippen molar-refractivity contribution in [2.45, 2.75) is 39.7 Å². The zero-order valence-electron chi connectivity index (χ0n) is 12.9. The van der Waals surface area contributed by atoms with Crippen molar-refractivity contribution in [2.75, 3.05) is 31.7 Å². The molecular weight excluding hydrogens is 240 g/mol. The lowest BCUT2D eigenvalue weighted by Crippen LogP contribution is -2.28. The standard InChI is InChI=1S/C14H28N4O/c1-6-12(15)10-13-11(3)16-18(5)14(13)17(4)8-9-19-7-2/h12H,6-10,15H2,1-5H3. The number of hydrogen-bond acceptors (Lipinski definition) is 4. The molecule has 1 atom stereocenters. The smallest absolute Gasteiger partial charge is 0.129 e. The Balaban J connectivity index is 2.85. The minimum atomic E-state index is 0.196. The van der Waals surface area contributed by atoms with E-state index in [0.29, 0.717) is 0 Å². The second-order valence-corrected chi connectivity index (χ2v) is 5.00. The van der Waals surface area contributed by atoms with E-state index in [1.165, 1.54) is 5.56 Å². The summed E-state index contributed by atoms with van der Waals surface area (Å²) in [6.45, 7) is 8.54. The minimum absolute atomic E-state index is 0.196. The molecule has 0 fully saturated rings. The molecule has 1 aromatic heterocycles. The summed E-state index contributed by atoms with van der Waals surface area (Å²) in [4.78, 5) is 2.20. The molecule has 0 aliphatic heterocycles. The molecular formula is C14H28N4O. The summed E-state index contributed by atoms with van der Waals surface area (Å²) in [5.41, 5.74) is 8.43. The lowest BCUT2D eigenvalue weighted by atomic mass is 10.0. The number of likely N-dealkylation sites (N-methyl/N-ethyl adjacent to an activating group) is 1. The van der Waals surface area contributed by atoms with Crippen molar-refractivity contribution in [3.8, 4) is 0 Å². The Bertz CT molecular complexity index is 389. The Hall–Kier alpha value is -1.07.